The van der Waals surface area contributed by atoms with Crippen molar-refractivity contribution in [3.63, 3.8) is 0 Å². The van der Waals surface area contributed by atoms with Crippen LogP contribution in [-0.2, 0) is 4.74 Å². The lowest BCUT2D eigenvalue weighted by molar-refractivity contribution is 0.195. The molecular formula is C16H35NO. The van der Waals surface area contributed by atoms with Gasteiger partial charge in [-0.15, -0.1) is 0 Å². The minimum Gasteiger partial charge on any atom is -0.383 e. The van der Waals surface area contributed by atoms with Gasteiger partial charge in [0.15, 0.2) is 0 Å². The molecule has 18 heavy (non-hydrogen) atoms. The van der Waals surface area contributed by atoms with E-state index in [-0.39, 0.29) is 0 Å². The molecule has 0 saturated carbocycles. The summed E-state index contributed by atoms with van der Waals surface area (Å²) in [6, 6.07) is 0. The molecule has 0 aromatic carbocycles. The summed E-state index contributed by atoms with van der Waals surface area (Å²) in [5.41, 5.74) is 0. The van der Waals surface area contributed by atoms with Gasteiger partial charge in [-0.2, -0.15) is 0 Å². The van der Waals surface area contributed by atoms with Crippen molar-refractivity contribution in [2.24, 2.45) is 11.8 Å². The van der Waals surface area contributed by atoms with E-state index in [2.05, 4.69) is 26.1 Å². The van der Waals surface area contributed by atoms with Crippen LogP contribution in [0.3, 0.4) is 0 Å². The maximum atomic E-state index is 5.08. The smallest absolute Gasteiger partial charge is 0.0587 e. The molecule has 2 atom stereocenters. The Balaban J connectivity index is 3.89. The highest BCUT2D eigenvalue weighted by molar-refractivity contribution is 4.68. The fourth-order valence-corrected chi connectivity index (χ4v) is 2.64. The highest BCUT2D eigenvalue weighted by Crippen LogP contribution is 2.24. The van der Waals surface area contributed by atoms with E-state index in [0.717, 1.165) is 25.0 Å². The minimum atomic E-state index is 0.825. The zero-order valence-corrected chi connectivity index (χ0v) is 13.1. The normalized spacial score (nSPS) is 14.7. The molecule has 0 fully saturated rings. The summed E-state index contributed by atoms with van der Waals surface area (Å²) >= 11 is 0. The van der Waals surface area contributed by atoms with Gasteiger partial charge < -0.3 is 10.1 Å². The highest BCUT2D eigenvalue weighted by Gasteiger charge is 2.14. The molecule has 0 radical (unpaired) electrons. The lowest BCUT2D eigenvalue weighted by Gasteiger charge is -2.23. The predicted octanol–water partition coefficient (Wildman–Crippen LogP) is 4.25. The Morgan fingerprint density at radius 1 is 1.00 bits per heavy atom. The standard InChI is InChI=1S/C16H35NO/c1-5-8-10-15(7-3)13-16(9-6-2)14-17-11-12-18-4/h15-17H,5-14H2,1-4H3. The van der Waals surface area contributed by atoms with Crippen molar-refractivity contribution in [3.8, 4) is 0 Å². The second-order valence-electron chi connectivity index (χ2n) is 5.50. The van der Waals surface area contributed by atoms with Crippen LogP contribution in [0.4, 0.5) is 0 Å². The fraction of sp³-hybridized carbons (Fsp3) is 1.00. The van der Waals surface area contributed by atoms with E-state index >= 15 is 0 Å². The van der Waals surface area contributed by atoms with Crippen molar-refractivity contribution in [1.82, 2.24) is 5.32 Å². The Morgan fingerprint density at radius 2 is 1.78 bits per heavy atom. The Hall–Kier alpha value is -0.0800. The van der Waals surface area contributed by atoms with Crippen LogP contribution in [0.5, 0.6) is 0 Å². The molecule has 0 aromatic rings. The SMILES string of the molecule is CCCCC(CC)CC(CCC)CNCCOC. The topological polar surface area (TPSA) is 21.3 Å². The van der Waals surface area contributed by atoms with Crippen LogP contribution < -0.4 is 5.32 Å². The summed E-state index contributed by atoms with van der Waals surface area (Å²) in [6.45, 7) is 9.92. The average molecular weight is 257 g/mol. The van der Waals surface area contributed by atoms with Gasteiger partial charge in [-0.25, -0.2) is 0 Å². The zero-order chi connectivity index (χ0) is 13.6. The van der Waals surface area contributed by atoms with Crippen molar-refractivity contribution < 1.29 is 4.74 Å². The van der Waals surface area contributed by atoms with Gasteiger partial charge >= 0.3 is 0 Å². The monoisotopic (exact) mass is 257 g/mol. The second-order valence-corrected chi connectivity index (χ2v) is 5.50. The average Bonchev–Trinajstić information content (AvgIpc) is 2.39. The Labute approximate surface area is 115 Å². The molecule has 0 heterocycles. The second kappa shape index (κ2) is 13.4. The Kier molecular flexibility index (Phi) is 13.3. The van der Waals surface area contributed by atoms with Crippen molar-refractivity contribution in [2.75, 3.05) is 26.8 Å². The predicted molar refractivity (Wildman–Crippen MR) is 81.1 cm³/mol. The van der Waals surface area contributed by atoms with Crippen LogP contribution >= 0.6 is 0 Å². The summed E-state index contributed by atoms with van der Waals surface area (Å²) in [7, 11) is 1.77. The molecule has 2 heteroatoms. The van der Waals surface area contributed by atoms with Crippen LogP contribution in [0, 0.1) is 11.8 Å². The van der Waals surface area contributed by atoms with Gasteiger partial charge in [-0.3, -0.25) is 0 Å². The molecule has 0 saturated heterocycles. The maximum absolute atomic E-state index is 5.08. The summed E-state index contributed by atoms with van der Waals surface area (Å²) in [5, 5.41) is 3.53. The molecule has 0 amide bonds. The van der Waals surface area contributed by atoms with Crippen molar-refractivity contribution in [1.29, 1.82) is 0 Å². The third kappa shape index (κ3) is 9.90. The van der Waals surface area contributed by atoms with E-state index in [1.165, 1.54) is 51.5 Å². The molecular weight excluding hydrogens is 222 g/mol. The summed E-state index contributed by atoms with van der Waals surface area (Å²) in [5.74, 6) is 1.79. The van der Waals surface area contributed by atoms with E-state index in [1.54, 1.807) is 7.11 Å². The quantitative estimate of drug-likeness (QED) is 0.498. The molecule has 0 spiro atoms. The molecule has 2 unspecified atom stereocenters. The van der Waals surface area contributed by atoms with Crippen molar-refractivity contribution in [3.05, 3.63) is 0 Å². The molecule has 2 nitrogen and oxygen atoms in total. The van der Waals surface area contributed by atoms with E-state index < -0.39 is 0 Å². The Bertz CT molecular complexity index is 161. The van der Waals surface area contributed by atoms with Crippen molar-refractivity contribution in [2.45, 2.75) is 65.7 Å². The lowest BCUT2D eigenvalue weighted by Crippen LogP contribution is -2.27. The summed E-state index contributed by atoms with van der Waals surface area (Å²) < 4.78 is 5.08. The number of hydrogen-bond acceptors (Lipinski definition) is 2. The van der Waals surface area contributed by atoms with Crippen molar-refractivity contribution >= 4 is 0 Å². The first-order chi connectivity index (χ1) is 8.78. The number of methoxy groups -OCH3 is 1. The van der Waals surface area contributed by atoms with Gasteiger partial charge in [0.1, 0.15) is 0 Å². The van der Waals surface area contributed by atoms with Gasteiger partial charge in [-0.05, 0) is 31.2 Å². The van der Waals surface area contributed by atoms with Crippen LogP contribution in [0.25, 0.3) is 0 Å². The van der Waals surface area contributed by atoms with Crippen LogP contribution in [0.1, 0.15) is 65.7 Å². The lowest BCUT2D eigenvalue weighted by atomic mass is 9.86. The molecule has 1 N–H and O–H groups in total. The number of hydrogen-bond donors (Lipinski definition) is 1. The first-order valence-corrected chi connectivity index (χ1v) is 7.97. The fourth-order valence-electron chi connectivity index (χ4n) is 2.64. The van der Waals surface area contributed by atoms with E-state index in [4.69, 9.17) is 4.74 Å². The largest absolute Gasteiger partial charge is 0.383 e. The maximum Gasteiger partial charge on any atom is 0.0587 e. The van der Waals surface area contributed by atoms with Gasteiger partial charge in [0.05, 0.1) is 6.61 Å². The molecule has 0 aliphatic rings. The summed E-state index contributed by atoms with van der Waals surface area (Å²) in [6.07, 6.45) is 9.58. The van der Waals surface area contributed by atoms with E-state index in [1.807, 2.05) is 0 Å². The minimum absolute atomic E-state index is 0.825. The molecule has 0 aliphatic heterocycles. The van der Waals surface area contributed by atoms with Crippen LogP contribution in [-0.4, -0.2) is 26.8 Å². The number of nitrogens with one attached hydrogen (secondary N) is 1. The number of ether oxygens (including phenoxy) is 1. The number of unbranched alkanes of at least 4 members (excludes halogenated alkanes) is 1. The highest BCUT2D eigenvalue weighted by atomic mass is 16.5. The molecule has 0 rings (SSSR count). The van der Waals surface area contributed by atoms with E-state index in [9.17, 15) is 0 Å². The van der Waals surface area contributed by atoms with Gasteiger partial charge in [0.25, 0.3) is 0 Å². The molecule has 110 valence electrons. The van der Waals surface area contributed by atoms with Gasteiger partial charge in [0, 0.05) is 13.7 Å². The molecule has 0 aromatic heterocycles. The number of rotatable bonds is 13. The van der Waals surface area contributed by atoms with E-state index in [0.29, 0.717) is 0 Å². The van der Waals surface area contributed by atoms with Gasteiger partial charge in [0.2, 0.25) is 0 Å². The Morgan fingerprint density at radius 3 is 2.33 bits per heavy atom. The molecule has 0 aliphatic carbocycles. The molecule has 0 bridgehead atoms. The first-order valence-electron chi connectivity index (χ1n) is 7.97. The zero-order valence-electron chi connectivity index (χ0n) is 13.1. The first kappa shape index (κ1) is 17.9. The van der Waals surface area contributed by atoms with Crippen LogP contribution in [0.15, 0.2) is 0 Å². The third-order valence-corrected chi connectivity index (χ3v) is 3.82. The summed E-state index contributed by atoms with van der Waals surface area (Å²) in [4.78, 5) is 0. The van der Waals surface area contributed by atoms with Gasteiger partial charge in [-0.1, -0.05) is 52.9 Å². The van der Waals surface area contributed by atoms with Crippen LogP contribution in [0.2, 0.25) is 0 Å². The third-order valence-electron chi connectivity index (χ3n) is 3.82.